The molecule has 0 saturated heterocycles. The van der Waals surface area contributed by atoms with Crippen molar-refractivity contribution < 1.29 is 15.0 Å². The SMILES string of the molecule is CCCCCCCC[C@H](O)CC(=O)O. The number of carboxylic acid groups (broad SMARTS) is 1. The van der Waals surface area contributed by atoms with Crippen LogP contribution in [0, 0.1) is 0 Å². The smallest absolute Gasteiger partial charge is 0.305 e. The lowest BCUT2D eigenvalue weighted by molar-refractivity contribution is -0.139. The maximum absolute atomic E-state index is 10.2. The van der Waals surface area contributed by atoms with Crippen molar-refractivity contribution in [1.82, 2.24) is 0 Å². The van der Waals surface area contributed by atoms with E-state index in [9.17, 15) is 9.90 Å². The van der Waals surface area contributed by atoms with Gasteiger partial charge >= 0.3 is 5.97 Å². The van der Waals surface area contributed by atoms with E-state index >= 15 is 0 Å². The molecule has 0 bridgehead atoms. The predicted octanol–water partition coefficient (Wildman–Crippen LogP) is 2.57. The molecule has 0 spiro atoms. The monoisotopic (exact) mass is 202 g/mol. The summed E-state index contributed by atoms with van der Waals surface area (Å²) in [5.74, 6) is -0.913. The van der Waals surface area contributed by atoms with Gasteiger partial charge in [-0.15, -0.1) is 0 Å². The van der Waals surface area contributed by atoms with Gasteiger partial charge in [-0.2, -0.15) is 0 Å². The van der Waals surface area contributed by atoms with Crippen LogP contribution in [0.2, 0.25) is 0 Å². The van der Waals surface area contributed by atoms with Crippen LogP contribution < -0.4 is 0 Å². The van der Waals surface area contributed by atoms with E-state index in [0.29, 0.717) is 6.42 Å². The molecule has 0 aromatic rings. The van der Waals surface area contributed by atoms with Crippen molar-refractivity contribution in [2.45, 2.75) is 64.4 Å². The van der Waals surface area contributed by atoms with Gasteiger partial charge in [0.15, 0.2) is 0 Å². The molecule has 0 saturated carbocycles. The first-order valence-electron chi connectivity index (χ1n) is 5.56. The number of aliphatic hydroxyl groups excluding tert-OH is 1. The largest absolute Gasteiger partial charge is 0.481 e. The van der Waals surface area contributed by atoms with Crippen molar-refractivity contribution in [2.24, 2.45) is 0 Å². The molecule has 84 valence electrons. The normalized spacial score (nSPS) is 12.7. The second-order valence-corrected chi connectivity index (χ2v) is 3.81. The van der Waals surface area contributed by atoms with Crippen molar-refractivity contribution in [3.05, 3.63) is 0 Å². The Morgan fingerprint density at radius 3 is 2.29 bits per heavy atom. The van der Waals surface area contributed by atoms with Gasteiger partial charge in [0, 0.05) is 0 Å². The fourth-order valence-electron chi connectivity index (χ4n) is 1.46. The van der Waals surface area contributed by atoms with Crippen LogP contribution in [-0.2, 0) is 4.79 Å². The van der Waals surface area contributed by atoms with Gasteiger partial charge < -0.3 is 10.2 Å². The van der Waals surface area contributed by atoms with Crippen molar-refractivity contribution in [2.75, 3.05) is 0 Å². The van der Waals surface area contributed by atoms with Crippen LogP contribution in [0.25, 0.3) is 0 Å². The molecule has 0 aromatic heterocycles. The number of aliphatic hydroxyl groups is 1. The molecule has 0 heterocycles. The molecule has 2 N–H and O–H groups in total. The molecule has 14 heavy (non-hydrogen) atoms. The Bertz CT molecular complexity index is 145. The highest BCUT2D eigenvalue weighted by Crippen LogP contribution is 2.09. The molecule has 3 heteroatoms. The minimum atomic E-state index is -0.913. The summed E-state index contributed by atoms with van der Waals surface area (Å²) in [5.41, 5.74) is 0. The fraction of sp³-hybridized carbons (Fsp3) is 0.909. The summed E-state index contributed by atoms with van der Waals surface area (Å²) in [4.78, 5) is 10.2. The zero-order valence-corrected chi connectivity index (χ0v) is 9.04. The summed E-state index contributed by atoms with van der Waals surface area (Å²) in [6.07, 6.45) is 6.87. The molecule has 0 aliphatic carbocycles. The molecule has 0 fully saturated rings. The lowest BCUT2D eigenvalue weighted by Gasteiger charge is -2.06. The number of hydrogen-bond donors (Lipinski definition) is 2. The van der Waals surface area contributed by atoms with E-state index in [0.717, 1.165) is 12.8 Å². The highest BCUT2D eigenvalue weighted by molar-refractivity contribution is 5.67. The molecule has 0 aliphatic rings. The summed E-state index contributed by atoms with van der Waals surface area (Å²) in [5, 5.41) is 17.6. The molecular formula is C11H22O3. The number of hydrogen-bond acceptors (Lipinski definition) is 2. The molecule has 0 rings (SSSR count). The third-order valence-electron chi connectivity index (χ3n) is 2.30. The van der Waals surface area contributed by atoms with Crippen molar-refractivity contribution in [1.29, 1.82) is 0 Å². The molecule has 0 amide bonds. The summed E-state index contributed by atoms with van der Waals surface area (Å²) in [6, 6.07) is 0. The van der Waals surface area contributed by atoms with Gasteiger partial charge in [0.05, 0.1) is 12.5 Å². The lowest BCUT2D eigenvalue weighted by Crippen LogP contribution is -2.12. The van der Waals surface area contributed by atoms with Crippen molar-refractivity contribution in [3.8, 4) is 0 Å². The predicted molar refractivity (Wildman–Crippen MR) is 56.3 cm³/mol. The van der Waals surface area contributed by atoms with Crippen LogP contribution in [0.5, 0.6) is 0 Å². The molecular weight excluding hydrogens is 180 g/mol. The summed E-state index contributed by atoms with van der Waals surface area (Å²) in [7, 11) is 0. The quantitative estimate of drug-likeness (QED) is 0.565. The lowest BCUT2D eigenvalue weighted by atomic mass is 10.1. The second kappa shape index (κ2) is 9.00. The molecule has 1 atom stereocenters. The maximum atomic E-state index is 10.2. The summed E-state index contributed by atoms with van der Waals surface area (Å²) < 4.78 is 0. The van der Waals surface area contributed by atoms with Crippen LogP contribution in [-0.4, -0.2) is 22.3 Å². The highest BCUT2D eigenvalue weighted by Gasteiger charge is 2.08. The number of rotatable bonds is 9. The van der Waals surface area contributed by atoms with Gasteiger partial charge in [0.25, 0.3) is 0 Å². The Hall–Kier alpha value is -0.570. The third kappa shape index (κ3) is 9.52. The Balaban J connectivity index is 3.14. The van der Waals surface area contributed by atoms with E-state index in [4.69, 9.17) is 5.11 Å². The second-order valence-electron chi connectivity index (χ2n) is 3.81. The summed E-state index contributed by atoms with van der Waals surface area (Å²) in [6.45, 7) is 2.18. The first-order valence-corrected chi connectivity index (χ1v) is 5.56. The van der Waals surface area contributed by atoms with E-state index in [1.807, 2.05) is 0 Å². The molecule has 0 aromatic carbocycles. The van der Waals surface area contributed by atoms with Gasteiger partial charge in [0.1, 0.15) is 0 Å². The average molecular weight is 202 g/mol. The summed E-state index contributed by atoms with van der Waals surface area (Å²) >= 11 is 0. The minimum Gasteiger partial charge on any atom is -0.481 e. The van der Waals surface area contributed by atoms with E-state index in [2.05, 4.69) is 6.92 Å². The van der Waals surface area contributed by atoms with Crippen LogP contribution >= 0.6 is 0 Å². The minimum absolute atomic E-state index is 0.116. The van der Waals surface area contributed by atoms with E-state index in [-0.39, 0.29) is 6.42 Å². The van der Waals surface area contributed by atoms with Crippen LogP contribution in [0.15, 0.2) is 0 Å². The van der Waals surface area contributed by atoms with E-state index in [1.165, 1.54) is 25.7 Å². The van der Waals surface area contributed by atoms with Gasteiger partial charge in [-0.25, -0.2) is 0 Å². The number of aliphatic carboxylic acids is 1. The molecule has 0 aliphatic heterocycles. The van der Waals surface area contributed by atoms with Crippen LogP contribution in [0.4, 0.5) is 0 Å². The average Bonchev–Trinajstić information content (AvgIpc) is 2.10. The Kier molecular flexibility index (Phi) is 8.64. The number of unbranched alkanes of at least 4 members (excludes halogenated alkanes) is 5. The van der Waals surface area contributed by atoms with Crippen LogP contribution in [0.3, 0.4) is 0 Å². The standard InChI is InChI=1S/C11H22O3/c1-2-3-4-5-6-7-8-10(12)9-11(13)14/h10,12H,2-9H2,1H3,(H,13,14)/t10-/m0/s1. The van der Waals surface area contributed by atoms with Gasteiger partial charge in [-0.05, 0) is 6.42 Å². The van der Waals surface area contributed by atoms with Gasteiger partial charge in [0.2, 0.25) is 0 Å². The van der Waals surface area contributed by atoms with Gasteiger partial charge in [-0.1, -0.05) is 45.4 Å². The maximum Gasteiger partial charge on any atom is 0.305 e. The molecule has 0 unspecified atom stereocenters. The van der Waals surface area contributed by atoms with E-state index < -0.39 is 12.1 Å². The molecule has 0 radical (unpaired) electrons. The van der Waals surface area contributed by atoms with Crippen molar-refractivity contribution in [3.63, 3.8) is 0 Å². The Morgan fingerprint density at radius 1 is 1.14 bits per heavy atom. The van der Waals surface area contributed by atoms with E-state index in [1.54, 1.807) is 0 Å². The Morgan fingerprint density at radius 2 is 1.71 bits per heavy atom. The first-order chi connectivity index (χ1) is 6.66. The number of carbonyl (C=O) groups is 1. The van der Waals surface area contributed by atoms with Crippen LogP contribution in [0.1, 0.15) is 58.3 Å². The van der Waals surface area contributed by atoms with Gasteiger partial charge in [-0.3, -0.25) is 4.79 Å². The first kappa shape index (κ1) is 13.4. The zero-order chi connectivity index (χ0) is 10.8. The van der Waals surface area contributed by atoms with Crippen molar-refractivity contribution >= 4 is 5.97 Å². The topological polar surface area (TPSA) is 57.5 Å². The Labute approximate surface area is 86.1 Å². The molecule has 3 nitrogen and oxygen atoms in total. The highest BCUT2D eigenvalue weighted by atomic mass is 16.4. The third-order valence-corrected chi connectivity index (χ3v) is 2.30. The fourth-order valence-corrected chi connectivity index (χ4v) is 1.46. The zero-order valence-electron chi connectivity index (χ0n) is 9.04. The number of carboxylic acids is 1.